The number of hydrogen-bond acceptors (Lipinski definition) is 21. The largest absolute Gasteiger partial charge is 0.394 e. The number of aliphatic hydroxyl groups is 10. The molecule has 4 fully saturated rings. The van der Waals surface area contributed by atoms with Crippen LogP contribution >= 0.6 is 0 Å². The van der Waals surface area contributed by atoms with Crippen LogP contribution in [0.15, 0.2) is 0 Å². The molecule has 0 aromatic rings. The number of aliphatic hydroxyl groups excluding tert-OH is 10. The maximum absolute atomic E-state index is 11.1. The minimum atomic E-state index is -1.65. The standard InChI is InChI=1S/C24H46N4O17/c25-9-15(35)18(6(2-30)39-21(9)38)43-23-11(27)17(37)20(8(4-32)41-23)45-24-12(28)16(36)19(7(3-31)42-24)44-22-10(26)14(34)13(33)5(1-29)40-22/h5-24,29-38H,1-4,25-28H2/t5?,6?,7?,8?,9?,10?,11?,12?,13-,14?,15?,16?,17?,18-,19-,20-,21-,22+,23+,24+/m1/s1. The second-order valence-electron chi connectivity index (χ2n) is 11.5. The van der Waals surface area contributed by atoms with Crippen LogP contribution in [0.4, 0.5) is 0 Å². The van der Waals surface area contributed by atoms with E-state index in [2.05, 4.69) is 0 Å². The number of hydrogen-bond donors (Lipinski definition) is 14. The van der Waals surface area contributed by atoms with Gasteiger partial charge in [0, 0.05) is 0 Å². The van der Waals surface area contributed by atoms with Crippen molar-refractivity contribution in [1.29, 1.82) is 0 Å². The first-order valence-corrected chi connectivity index (χ1v) is 14.4. The van der Waals surface area contributed by atoms with Gasteiger partial charge in [0.1, 0.15) is 73.2 Å². The molecule has 12 unspecified atom stereocenters. The topological polar surface area (TPSA) is 371 Å². The Morgan fingerprint density at radius 3 is 1.09 bits per heavy atom. The average molecular weight is 663 g/mol. The lowest BCUT2D eigenvalue weighted by Crippen LogP contribution is -2.70. The third-order valence-electron chi connectivity index (χ3n) is 8.52. The zero-order valence-corrected chi connectivity index (χ0v) is 24.0. The summed E-state index contributed by atoms with van der Waals surface area (Å²) in [6.07, 6.45) is -23.5. The molecule has 0 amide bonds. The van der Waals surface area contributed by atoms with Gasteiger partial charge in [-0.2, -0.15) is 0 Å². The average Bonchev–Trinajstić information content (AvgIpc) is 3.03. The van der Waals surface area contributed by atoms with Gasteiger partial charge < -0.3 is 107 Å². The van der Waals surface area contributed by atoms with E-state index in [0.717, 1.165) is 0 Å². The molecule has 0 aliphatic carbocycles. The van der Waals surface area contributed by atoms with E-state index in [-0.39, 0.29) is 0 Å². The van der Waals surface area contributed by atoms with Gasteiger partial charge in [0.05, 0.1) is 50.6 Å². The predicted molar refractivity (Wildman–Crippen MR) is 142 cm³/mol. The second kappa shape index (κ2) is 15.6. The van der Waals surface area contributed by atoms with Crippen LogP contribution in [0.3, 0.4) is 0 Å². The lowest BCUT2D eigenvalue weighted by molar-refractivity contribution is -0.358. The molecule has 0 bridgehead atoms. The van der Waals surface area contributed by atoms with Crippen molar-refractivity contribution in [1.82, 2.24) is 0 Å². The van der Waals surface area contributed by atoms with Gasteiger partial charge in [-0.15, -0.1) is 0 Å². The fourth-order valence-electron chi connectivity index (χ4n) is 5.72. The van der Waals surface area contributed by atoms with Gasteiger partial charge in [-0.05, 0) is 0 Å². The highest BCUT2D eigenvalue weighted by Gasteiger charge is 2.54. The van der Waals surface area contributed by atoms with Crippen LogP contribution in [0, 0.1) is 0 Å². The molecule has 0 radical (unpaired) electrons. The summed E-state index contributed by atoms with van der Waals surface area (Å²) in [5.74, 6) is 0. The van der Waals surface area contributed by atoms with Crippen molar-refractivity contribution in [2.45, 2.75) is 123 Å². The SMILES string of the molecule is NC1C(O)[C@H](O)C(CO)O[C@H]1O[C@@H]1C(CO)O[C@@H](O[C@@H]2C(CO)O[C@@H](O[C@@H]3C(CO)O[C@@H](O)C(N)C3O)C(N)C2O)C(N)C1O. The number of rotatable bonds is 10. The van der Waals surface area contributed by atoms with E-state index in [0.29, 0.717) is 0 Å². The van der Waals surface area contributed by atoms with Crippen molar-refractivity contribution in [3.8, 4) is 0 Å². The summed E-state index contributed by atoms with van der Waals surface area (Å²) >= 11 is 0. The Hall–Kier alpha value is -0.840. The monoisotopic (exact) mass is 662 g/mol. The van der Waals surface area contributed by atoms with E-state index in [1.807, 2.05) is 0 Å². The molecule has 0 aromatic carbocycles. The Morgan fingerprint density at radius 2 is 0.711 bits per heavy atom. The Labute approximate surface area is 256 Å². The third kappa shape index (κ3) is 7.44. The Morgan fingerprint density at radius 1 is 0.400 bits per heavy atom. The number of nitrogens with two attached hydrogens (primary N) is 4. The van der Waals surface area contributed by atoms with Crippen molar-refractivity contribution in [3.05, 3.63) is 0 Å². The third-order valence-corrected chi connectivity index (χ3v) is 8.52. The molecule has 20 atom stereocenters. The molecule has 18 N–H and O–H groups in total. The number of ether oxygens (including phenoxy) is 7. The van der Waals surface area contributed by atoms with Crippen LogP contribution < -0.4 is 22.9 Å². The minimum Gasteiger partial charge on any atom is -0.394 e. The maximum Gasteiger partial charge on any atom is 0.176 e. The Kier molecular flexibility index (Phi) is 12.8. The van der Waals surface area contributed by atoms with Gasteiger partial charge in [-0.25, -0.2) is 0 Å². The van der Waals surface area contributed by atoms with Crippen molar-refractivity contribution in [2.75, 3.05) is 26.4 Å². The highest BCUT2D eigenvalue weighted by atomic mass is 16.8. The van der Waals surface area contributed by atoms with E-state index in [1.165, 1.54) is 0 Å². The molecule has 4 rings (SSSR count). The predicted octanol–water partition coefficient (Wildman–Crippen LogP) is -9.88. The summed E-state index contributed by atoms with van der Waals surface area (Å²) in [7, 11) is 0. The van der Waals surface area contributed by atoms with Gasteiger partial charge in [0.2, 0.25) is 0 Å². The van der Waals surface area contributed by atoms with Crippen molar-refractivity contribution < 1.29 is 84.2 Å². The summed E-state index contributed by atoms with van der Waals surface area (Å²) in [5, 5.41) is 102. The summed E-state index contributed by atoms with van der Waals surface area (Å²) < 4.78 is 39.2. The zero-order valence-electron chi connectivity index (χ0n) is 24.0. The summed E-state index contributed by atoms with van der Waals surface area (Å²) in [6, 6.07) is -5.48. The first-order chi connectivity index (χ1) is 21.3. The second-order valence-corrected chi connectivity index (χ2v) is 11.5. The molecule has 21 heteroatoms. The molecule has 4 heterocycles. The fraction of sp³-hybridized carbons (Fsp3) is 1.00. The summed E-state index contributed by atoms with van der Waals surface area (Å²) in [4.78, 5) is 0. The molecule has 0 aromatic heterocycles. The highest BCUT2D eigenvalue weighted by molar-refractivity contribution is 5.00. The van der Waals surface area contributed by atoms with Gasteiger partial charge in [0.15, 0.2) is 25.2 Å². The van der Waals surface area contributed by atoms with Crippen molar-refractivity contribution in [3.63, 3.8) is 0 Å². The lowest BCUT2D eigenvalue weighted by Gasteiger charge is -2.49. The van der Waals surface area contributed by atoms with Gasteiger partial charge in [-0.3, -0.25) is 0 Å². The van der Waals surface area contributed by atoms with Crippen LogP contribution in [-0.2, 0) is 33.2 Å². The van der Waals surface area contributed by atoms with Crippen molar-refractivity contribution >= 4 is 0 Å². The Bertz CT molecular complexity index is 925. The van der Waals surface area contributed by atoms with E-state index < -0.39 is 149 Å². The minimum absolute atomic E-state index is 0.688. The van der Waals surface area contributed by atoms with E-state index >= 15 is 0 Å². The van der Waals surface area contributed by atoms with E-state index in [4.69, 9.17) is 56.1 Å². The highest BCUT2D eigenvalue weighted by Crippen LogP contribution is 2.33. The summed E-state index contributed by atoms with van der Waals surface area (Å²) in [5.41, 5.74) is 24.0. The normalized spacial score (nSPS) is 52.9. The summed E-state index contributed by atoms with van der Waals surface area (Å²) in [6.45, 7) is -2.91. The van der Waals surface area contributed by atoms with Gasteiger partial charge in [-0.1, -0.05) is 0 Å². The fourth-order valence-corrected chi connectivity index (χ4v) is 5.72. The van der Waals surface area contributed by atoms with Crippen LogP contribution in [0.5, 0.6) is 0 Å². The first-order valence-electron chi connectivity index (χ1n) is 14.4. The molecule has 4 aliphatic rings. The van der Waals surface area contributed by atoms with Crippen LogP contribution in [0.2, 0.25) is 0 Å². The van der Waals surface area contributed by atoms with Crippen LogP contribution in [0.25, 0.3) is 0 Å². The molecule has 0 saturated carbocycles. The molecule has 4 aliphatic heterocycles. The molecule has 45 heavy (non-hydrogen) atoms. The zero-order chi connectivity index (χ0) is 33.3. The molecule has 0 spiro atoms. The quantitative estimate of drug-likeness (QED) is 0.103. The van der Waals surface area contributed by atoms with Gasteiger partial charge >= 0.3 is 0 Å². The molecule has 264 valence electrons. The van der Waals surface area contributed by atoms with Crippen molar-refractivity contribution in [2.24, 2.45) is 22.9 Å². The van der Waals surface area contributed by atoms with Gasteiger partial charge in [0.25, 0.3) is 0 Å². The smallest absolute Gasteiger partial charge is 0.176 e. The maximum atomic E-state index is 11.1. The molecule has 4 saturated heterocycles. The molecule has 21 nitrogen and oxygen atoms in total. The first kappa shape index (κ1) is 37.0. The van der Waals surface area contributed by atoms with Crippen LogP contribution in [-0.4, -0.2) is 200 Å². The molecular formula is C24H46N4O17. The van der Waals surface area contributed by atoms with Crippen LogP contribution in [0.1, 0.15) is 0 Å². The van der Waals surface area contributed by atoms with E-state index in [9.17, 15) is 51.1 Å². The molecular weight excluding hydrogens is 616 g/mol. The van der Waals surface area contributed by atoms with E-state index in [1.54, 1.807) is 0 Å². The lowest BCUT2D eigenvalue weighted by atomic mass is 9.94. The Balaban J connectivity index is 1.43.